The minimum absolute atomic E-state index is 0.0243. The molecule has 0 bridgehead atoms. The number of aliphatic carboxylic acids is 2. The Hall–Kier alpha value is -2.42. The Morgan fingerprint density at radius 1 is 1.16 bits per heavy atom. The number of aromatic nitrogens is 1. The lowest BCUT2D eigenvalue weighted by molar-refractivity contribution is -0.709. The van der Waals surface area contributed by atoms with Gasteiger partial charge in [-0.05, 0) is 30.2 Å². The molecule has 1 aromatic carbocycles. The van der Waals surface area contributed by atoms with Crippen molar-refractivity contribution < 1.29 is 34.0 Å². The number of carboxylic acids is 2. The van der Waals surface area contributed by atoms with E-state index in [-0.39, 0.29) is 17.4 Å². The summed E-state index contributed by atoms with van der Waals surface area (Å²) >= 11 is 16.3. The summed E-state index contributed by atoms with van der Waals surface area (Å²) in [5, 5.41) is 22.2. The van der Waals surface area contributed by atoms with Crippen LogP contribution in [0.1, 0.15) is 24.2 Å². The van der Waals surface area contributed by atoms with Crippen molar-refractivity contribution in [1.29, 1.82) is 0 Å². The number of amides is 2. The van der Waals surface area contributed by atoms with Gasteiger partial charge < -0.3 is 21.3 Å². The number of thioether (sulfide) groups is 3. The molecule has 0 aliphatic carbocycles. The molecule has 10 nitrogen and oxygen atoms in total. The fourth-order valence-electron chi connectivity index (χ4n) is 4.83. The van der Waals surface area contributed by atoms with Gasteiger partial charge >= 0.3 is 11.9 Å². The van der Waals surface area contributed by atoms with Crippen LogP contribution in [0.2, 0.25) is 10.0 Å². The third kappa shape index (κ3) is 8.00. The average molecular weight is 687 g/mol. The van der Waals surface area contributed by atoms with Gasteiger partial charge in [0.2, 0.25) is 5.91 Å². The quantitative estimate of drug-likeness (QED) is 0.139. The second-order valence-electron chi connectivity index (χ2n) is 10.1. The van der Waals surface area contributed by atoms with Crippen LogP contribution in [0.3, 0.4) is 0 Å². The van der Waals surface area contributed by atoms with E-state index >= 15 is 0 Å². The van der Waals surface area contributed by atoms with Crippen LogP contribution < -0.4 is 15.6 Å². The maximum Gasteiger partial charge on any atom is 0.352 e. The predicted molar refractivity (Wildman–Crippen MR) is 169 cm³/mol. The van der Waals surface area contributed by atoms with E-state index in [1.165, 1.54) is 40.2 Å². The molecule has 4 rings (SSSR count). The van der Waals surface area contributed by atoms with Gasteiger partial charge in [-0.25, -0.2) is 9.36 Å². The van der Waals surface area contributed by atoms with Gasteiger partial charge in [0.25, 0.3) is 5.91 Å². The van der Waals surface area contributed by atoms with Crippen molar-refractivity contribution in [1.82, 2.24) is 10.2 Å². The summed E-state index contributed by atoms with van der Waals surface area (Å²) in [6.45, 7) is 4.57. The summed E-state index contributed by atoms with van der Waals surface area (Å²) in [5.41, 5.74) is 8.20. The third-order valence-corrected chi connectivity index (χ3v) is 11.1. The second-order valence-corrected chi connectivity index (χ2v) is 14.1. The first kappa shape index (κ1) is 33.5. The number of rotatable bonds is 13. The Morgan fingerprint density at radius 2 is 1.86 bits per heavy atom. The number of β-lactam (4-membered cyclic amide) rings is 1. The molecule has 5 N–H and O–H groups in total. The molecule has 230 valence electrons. The van der Waals surface area contributed by atoms with E-state index < -0.39 is 35.3 Å². The van der Waals surface area contributed by atoms with E-state index in [0.717, 1.165) is 16.3 Å². The molecule has 0 spiro atoms. The summed E-state index contributed by atoms with van der Waals surface area (Å²) < 4.78 is 2.09. The van der Waals surface area contributed by atoms with Gasteiger partial charge in [0.1, 0.15) is 29.7 Å². The summed E-state index contributed by atoms with van der Waals surface area (Å²) in [6, 6.07) is 7.27. The molecule has 0 unspecified atom stereocenters. The lowest BCUT2D eigenvalue weighted by Gasteiger charge is -2.49. The van der Waals surface area contributed by atoms with Crippen LogP contribution in [-0.4, -0.2) is 73.6 Å². The highest BCUT2D eigenvalue weighted by molar-refractivity contribution is 8.01. The number of nitrogens with zero attached hydrogens (tertiary/aromatic N) is 2. The van der Waals surface area contributed by atoms with Crippen molar-refractivity contribution in [3.8, 4) is 0 Å². The van der Waals surface area contributed by atoms with Gasteiger partial charge in [-0.15, -0.1) is 35.3 Å². The van der Waals surface area contributed by atoms with Crippen LogP contribution in [0, 0.1) is 13.8 Å². The van der Waals surface area contributed by atoms with Gasteiger partial charge in [-0.1, -0.05) is 23.2 Å². The van der Waals surface area contributed by atoms with Crippen molar-refractivity contribution in [2.75, 3.05) is 17.3 Å². The van der Waals surface area contributed by atoms with E-state index in [9.17, 15) is 24.3 Å². The molecule has 0 radical (unpaired) electrons. The number of pyridine rings is 1. The van der Waals surface area contributed by atoms with E-state index in [4.69, 9.17) is 34.0 Å². The minimum atomic E-state index is -1.18. The topological polar surface area (TPSA) is 154 Å². The standard InChI is InChI=1S/C28H30Cl2N4O6S3/c1-14-8-18(9-15(2)33(14)7-3-4-20(31)27(37)38)41-11-16-12-43-26-23(25(36)34(26)24(16)28(39)40)32-22(35)13-42-21-10-17(29)5-6-19(21)30/h5-6,8-10,20,23,26H,3-4,7,11-13,31H2,1-2H3,(H2-,32,35,37,38,39,40)/p+1/t20-,23-,26-/m1/s1. The van der Waals surface area contributed by atoms with Crippen molar-refractivity contribution in [3.05, 3.63) is 63.0 Å². The molecule has 0 saturated carbocycles. The maximum atomic E-state index is 13.0. The van der Waals surface area contributed by atoms with Crippen LogP contribution >= 0.6 is 58.5 Å². The molecule has 3 atom stereocenters. The average Bonchev–Trinajstić information content (AvgIpc) is 2.95. The number of nitrogens with one attached hydrogen (secondary N) is 1. The molecule has 2 amide bonds. The largest absolute Gasteiger partial charge is 0.480 e. The predicted octanol–water partition coefficient (Wildman–Crippen LogP) is 3.71. The van der Waals surface area contributed by atoms with Crippen molar-refractivity contribution >= 4 is 82.2 Å². The second kappa shape index (κ2) is 14.6. The molecule has 1 saturated heterocycles. The zero-order valence-corrected chi connectivity index (χ0v) is 27.3. The monoisotopic (exact) mass is 685 g/mol. The van der Waals surface area contributed by atoms with Gasteiger partial charge in [0, 0.05) is 58.7 Å². The van der Waals surface area contributed by atoms with Crippen LogP contribution in [0.15, 0.2) is 51.4 Å². The Balaban J connectivity index is 1.36. The number of hydrogen-bond acceptors (Lipinski definition) is 8. The number of carbonyl (C=O) groups is 4. The normalized spacial score (nSPS) is 18.6. The first-order chi connectivity index (χ1) is 20.4. The van der Waals surface area contributed by atoms with E-state index in [1.54, 1.807) is 18.2 Å². The summed E-state index contributed by atoms with van der Waals surface area (Å²) in [5.74, 6) is -2.18. The smallest absolute Gasteiger partial charge is 0.352 e. The van der Waals surface area contributed by atoms with Crippen molar-refractivity contribution in [2.24, 2.45) is 5.73 Å². The third-order valence-electron chi connectivity index (χ3n) is 7.00. The van der Waals surface area contributed by atoms with E-state index in [0.29, 0.717) is 51.4 Å². The number of aryl methyl sites for hydroxylation is 2. The maximum absolute atomic E-state index is 13.0. The number of carbonyl (C=O) groups excluding carboxylic acids is 2. The molecule has 2 aliphatic rings. The fourth-order valence-corrected chi connectivity index (χ4v) is 8.69. The van der Waals surface area contributed by atoms with Crippen LogP contribution in [-0.2, 0) is 25.7 Å². The number of benzene rings is 1. The first-order valence-electron chi connectivity index (χ1n) is 13.3. The molecule has 2 aromatic rings. The molecule has 15 heteroatoms. The molecule has 1 fully saturated rings. The highest BCUT2D eigenvalue weighted by Gasteiger charge is 2.54. The number of hydrogen-bond donors (Lipinski definition) is 4. The molecule has 43 heavy (non-hydrogen) atoms. The molecule has 3 heterocycles. The SMILES string of the molecule is Cc1cc(SCC2=C(C(=O)O)N3C(=O)[C@@H](NC(=O)CSc4cc(Cl)ccc4Cl)[C@H]3SC2)cc(C)[n+]1CCC[C@@H](N)C(=O)O. The van der Waals surface area contributed by atoms with E-state index in [2.05, 4.69) is 9.88 Å². The lowest BCUT2D eigenvalue weighted by atomic mass is 10.0. The highest BCUT2D eigenvalue weighted by atomic mass is 35.5. The number of fused-ring (bicyclic) bond motifs is 1. The van der Waals surface area contributed by atoms with Crippen molar-refractivity contribution in [3.63, 3.8) is 0 Å². The Kier molecular flexibility index (Phi) is 11.3. The summed E-state index contributed by atoms with van der Waals surface area (Å²) in [7, 11) is 0. The molecule has 2 aliphatic heterocycles. The fraction of sp³-hybridized carbons (Fsp3) is 0.393. The van der Waals surface area contributed by atoms with E-state index in [1.807, 2.05) is 26.0 Å². The first-order valence-corrected chi connectivity index (χ1v) is 17.0. The molecule has 1 aromatic heterocycles. The van der Waals surface area contributed by atoms with Crippen molar-refractivity contribution in [2.45, 2.75) is 60.5 Å². The van der Waals surface area contributed by atoms with Gasteiger partial charge in [-0.3, -0.25) is 19.3 Å². The molecular formula is C28H31Cl2N4O6S3+. The summed E-state index contributed by atoms with van der Waals surface area (Å²) in [6.07, 6.45) is 0.999. The number of carboxylic acid groups (broad SMARTS) is 2. The zero-order valence-electron chi connectivity index (χ0n) is 23.3. The Morgan fingerprint density at radius 3 is 2.51 bits per heavy atom. The van der Waals surface area contributed by atoms with Crippen LogP contribution in [0.25, 0.3) is 0 Å². The number of nitrogens with two attached hydrogens (primary N) is 1. The van der Waals surface area contributed by atoms with Crippen LogP contribution in [0.4, 0.5) is 0 Å². The molecular weight excluding hydrogens is 655 g/mol. The van der Waals surface area contributed by atoms with Gasteiger partial charge in [0.05, 0.1) is 10.8 Å². The highest BCUT2D eigenvalue weighted by Crippen LogP contribution is 2.42. The van der Waals surface area contributed by atoms with Crippen LogP contribution in [0.5, 0.6) is 0 Å². The Bertz CT molecular complexity index is 1470. The summed E-state index contributed by atoms with van der Waals surface area (Å²) in [4.78, 5) is 51.8. The zero-order chi connectivity index (χ0) is 31.4. The van der Waals surface area contributed by atoms with Gasteiger partial charge in [-0.2, -0.15) is 0 Å². The lowest BCUT2D eigenvalue weighted by Crippen LogP contribution is -2.70. The minimum Gasteiger partial charge on any atom is -0.480 e. The van der Waals surface area contributed by atoms with Gasteiger partial charge in [0.15, 0.2) is 11.4 Å². The number of halogens is 2. The Labute approximate surface area is 271 Å².